The second kappa shape index (κ2) is 5.69. The lowest BCUT2D eigenvalue weighted by molar-refractivity contribution is 0.132. The van der Waals surface area contributed by atoms with Crippen molar-refractivity contribution in [3.05, 3.63) is 46.8 Å². The Hall–Kier alpha value is -2.53. The molecule has 0 atom stereocenters. The van der Waals surface area contributed by atoms with E-state index in [1.165, 1.54) is 0 Å². The molecule has 2 aromatic carbocycles. The minimum Gasteiger partial charge on any atom is -0.496 e. The van der Waals surface area contributed by atoms with Crippen LogP contribution in [0.4, 0.5) is 0 Å². The van der Waals surface area contributed by atoms with Gasteiger partial charge in [0.1, 0.15) is 18.2 Å². The van der Waals surface area contributed by atoms with Gasteiger partial charge in [0.2, 0.25) is 0 Å². The molecule has 0 aliphatic rings. The van der Waals surface area contributed by atoms with Crippen molar-refractivity contribution in [2.24, 2.45) is 0 Å². The molecule has 0 saturated carbocycles. The van der Waals surface area contributed by atoms with Crippen LogP contribution in [-0.2, 0) is 11.5 Å². The zero-order valence-corrected chi connectivity index (χ0v) is 12.8. The van der Waals surface area contributed by atoms with Crippen molar-refractivity contribution in [1.29, 1.82) is 0 Å². The van der Waals surface area contributed by atoms with E-state index in [-0.39, 0.29) is 12.3 Å². The summed E-state index contributed by atoms with van der Waals surface area (Å²) in [5.74, 6) is 1.17. The van der Waals surface area contributed by atoms with Crippen molar-refractivity contribution in [3.8, 4) is 11.5 Å². The third kappa shape index (κ3) is 2.02. The minimum absolute atomic E-state index is 0.161. The average Bonchev–Trinajstić information content (AvgIpc) is 2.57. The minimum atomic E-state index is -0.161. The maximum absolute atomic E-state index is 12.9. The van der Waals surface area contributed by atoms with Gasteiger partial charge < -0.3 is 14.2 Å². The predicted molar refractivity (Wildman–Crippen MR) is 85.8 cm³/mol. The Morgan fingerprint density at radius 1 is 0.909 bits per heavy atom. The number of hydrogen-bond donors (Lipinski definition) is 0. The lowest BCUT2D eigenvalue weighted by Gasteiger charge is -2.16. The maximum atomic E-state index is 12.9. The summed E-state index contributed by atoms with van der Waals surface area (Å²) in [6, 6.07) is 11.2. The fourth-order valence-electron chi connectivity index (χ4n) is 2.81. The van der Waals surface area contributed by atoms with Crippen LogP contribution in [0.1, 0.15) is 0 Å². The first-order chi connectivity index (χ1) is 10.7. The zero-order valence-electron chi connectivity index (χ0n) is 12.8. The molecule has 0 N–H and O–H groups in total. The Kier molecular flexibility index (Phi) is 3.73. The topological polar surface area (TPSA) is 49.7 Å². The molecule has 1 heterocycles. The van der Waals surface area contributed by atoms with Crippen LogP contribution in [-0.4, -0.2) is 25.9 Å². The molecule has 5 heteroatoms. The molecule has 0 radical (unpaired) electrons. The highest BCUT2D eigenvalue weighted by atomic mass is 16.5. The van der Waals surface area contributed by atoms with Crippen molar-refractivity contribution in [1.82, 2.24) is 4.57 Å². The number of para-hydroxylation sites is 1. The van der Waals surface area contributed by atoms with E-state index in [2.05, 4.69) is 0 Å². The highest BCUT2D eigenvalue weighted by molar-refractivity contribution is 6.10. The molecule has 3 rings (SSSR count). The van der Waals surface area contributed by atoms with Crippen LogP contribution in [0.3, 0.4) is 0 Å². The molecule has 114 valence electrons. The molecular weight excluding hydrogens is 282 g/mol. The van der Waals surface area contributed by atoms with Gasteiger partial charge >= 0.3 is 0 Å². The van der Waals surface area contributed by atoms with Crippen LogP contribution in [0.15, 0.2) is 41.2 Å². The van der Waals surface area contributed by atoms with Gasteiger partial charge in [-0.2, -0.15) is 0 Å². The fraction of sp³-hybridized carbons (Fsp3) is 0.235. The van der Waals surface area contributed by atoms with Gasteiger partial charge in [0.05, 0.1) is 25.1 Å². The van der Waals surface area contributed by atoms with Crippen molar-refractivity contribution in [2.45, 2.75) is 6.73 Å². The third-order valence-electron chi connectivity index (χ3n) is 3.75. The van der Waals surface area contributed by atoms with Crippen LogP contribution >= 0.6 is 0 Å². The molecule has 22 heavy (non-hydrogen) atoms. The van der Waals surface area contributed by atoms with Crippen LogP contribution in [0.2, 0.25) is 0 Å². The molecule has 0 saturated heterocycles. The summed E-state index contributed by atoms with van der Waals surface area (Å²) in [7, 11) is 4.71. The Morgan fingerprint density at radius 2 is 1.55 bits per heavy atom. The number of aromatic nitrogens is 1. The average molecular weight is 299 g/mol. The van der Waals surface area contributed by atoms with Gasteiger partial charge in [-0.15, -0.1) is 0 Å². The molecule has 0 unspecified atom stereocenters. The molecule has 1 aromatic heterocycles. The van der Waals surface area contributed by atoms with E-state index < -0.39 is 0 Å². The van der Waals surface area contributed by atoms with Gasteiger partial charge in [-0.3, -0.25) is 9.36 Å². The second-order valence-corrected chi connectivity index (χ2v) is 4.89. The summed E-state index contributed by atoms with van der Waals surface area (Å²) in [4.78, 5) is 12.9. The van der Waals surface area contributed by atoms with Crippen LogP contribution in [0.5, 0.6) is 11.5 Å². The van der Waals surface area contributed by atoms with Crippen LogP contribution in [0.25, 0.3) is 21.7 Å². The van der Waals surface area contributed by atoms with Gasteiger partial charge in [0.25, 0.3) is 5.56 Å². The number of nitrogens with zero attached hydrogens (tertiary/aromatic N) is 1. The Balaban J connectivity index is 2.63. The van der Waals surface area contributed by atoms with Gasteiger partial charge in [-0.1, -0.05) is 18.2 Å². The van der Waals surface area contributed by atoms with E-state index in [1.54, 1.807) is 32.0 Å². The molecule has 0 aliphatic carbocycles. The second-order valence-electron chi connectivity index (χ2n) is 4.89. The SMILES string of the molecule is COCn1c(=O)c2c(OC)ccc(OC)c2c2ccccc21. The number of benzene rings is 2. The molecule has 0 amide bonds. The van der Waals surface area contributed by atoms with E-state index in [0.717, 1.165) is 16.3 Å². The Labute approximate surface area is 127 Å². The largest absolute Gasteiger partial charge is 0.496 e. The van der Waals surface area contributed by atoms with Gasteiger partial charge in [0, 0.05) is 17.9 Å². The van der Waals surface area contributed by atoms with Gasteiger partial charge in [0.15, 0.2) is 0 Å². The lowest BCUT2D eigenvalue weighted by Crippen LogP contribution is -2.22. The highest BCUT2D eigenvalue weighted by Crippen LogP contribution is 2.35. The predicted octanol–water partition coefficient (Wildman–Crippen LogP) is 2.78. The monoisotopic (exact) mass is 299 g/mol. The number of hydrogen-bond acceptors (Lipinski definition) is 4. The molecule has 0 aliphatic heterocycles. The van der Waals surface area contributed by atoms with Crippen molar-refractivity contribution in [2.75, 3.05) is 21.3 Å². The van der Waals surface area contributed by atoms with E-state index in [1.807, 2.05) is 30.3 Å². The molecule has 5 nitrogen and oxygen atoms in total. The number of rotatable bonds is 4. The first-order valence-corrected chi connectivity index (χ1v) is 6.88. The molecule has 0 spiro atoms. The molecule has 0 fully saturated rings. The van der Waals surface area contributed by atoms with E-state index in [4.69, 9.17) is 14.2 Å². The standard InChI is InChI=1S/C17H17NO4/c1-20-10-18-12-7-5-4-6-11(12)15-13(21-2)8-9-14(22-3)16(15)17(18)19/h4-9H,10H2,1-3H3. The van der Waals surface area contributed by atoms with Crippen LogP contribution < -0.4 is 15.0 Å². The van der Waals surface area contributed by atoms with Gasteiger partial charge in [-0.05, 0) is 18.2 Å². The third-order valence-corrected chi connectivity index (χ3v) is 3.75. The lowest BCUT2D eigenvalue weighted by atomic mass is 10.0. The number of fused-ring (bicyclic) bond motifs is 3. The summed E-state index contributed by atoms with van der Waals surface area (Å²) in [5.41, 5.74) is 0.639. The Bertz CT molecular complexity index is 898. The number of ether oxygens (including phenoxy) is 3. The summed E-state index contributed by atoms with van der Waals surface area (Å²) >= 11 is 0. The summed E-state index contributed by atoms with van der Waals surface area (Å²) in [6.07, 6.45) is 0. The van der Waals surface area contributed by atoms with Gasteiger partial charge in [-0.25, -0.2) is 0 Å². The fourth-order valence-corrected chi connectivity index (χ4v) is 2.81. The van der Waals surface area contributed by atoms with Crippen molar-refractivity contribution < 1.29 is 14.2 Å². The van der Waals surface area contributed by atoms with Crippen LogP contribution in [0, 0.1) is 0 Å². The zero-order chi connectivity index (χ0) is 15.7. The van der Waals surface area contributed by atoms with E-state index in [9.17, 15) is 4.79 Å². The first-order valence-electron chi connectivity index (χ1n) is 6.88. The summed E-state index contributed by atoms with van der Waals surface area (Å²) < 4.78 is 17.6. The quantitative estimate of drug-likeness (QED) is 0.695. The number of methoxy groups -OCH3 is 3. The Morgan fingerprint density at radius 3 is 2.18 bits per heavy atom. The summed E-state index contributed by atoms with van der Waals surface area (Å²) in [5, 5.41) is 2.18. The van der Waals surface area contributed by atoms with E-state index in [0.29, 0.717) is 16.9 Å². The summed E-state index contributed by atoms with van der Waals surface area (Å²) in [6.45, 7) is 0.176. The number of pyridine rings is 1. The first kappa shape index (κ1) is 14.4. The maximum Gasteiger partial charge on any atom is 0.264 e. The smallest absolute Gasteiger partial charge is 0.264 e. The molecule has 3 aromatic rings. The molecular formula is C17H17NO4. The molecule has 0 bridgehead atoms. The van der Waals surface area contributed by atoms with Crippen molar-refractivity contribution >= 4 is 21.7 Å². The van der Waals surface area contributed by atoms with Crippen molar-refractivity contribution in [3.63, 3.8) is 0 Å². The van der Waals surface area contributed by atoms with E-state index >= 15 is 0 Å². The normalized spacial score (nSPS) is 11.0. The highest BCUT2D eigenvalue weighted by Gasteiger charge is 2.17.